The van der Waals surface area contributed by atoms with Gasteiger partial charge in [-0.25, -0.2) is 16.8 Å². The van der Waals surface area contributed by atoms with Crippen LogP contribution in [0.2, 0.25) is 0 Å². The van der Waals surface area contributed by atoms with Crippen LogP contribution in [-0.2, 0) is 30.9 Å². The van der Waals surface area contributed by atoms with Gasteiger partial charge in [-0.1, -0.05) is 45.1 Å². The first-order chi connectivity index (χ1) is 19.6. The Bertz CT molecular complexity index is 1440. The predicted molar refractivity (Wildman–Crippen MR) is 145 cm³/mol. The molecule has 0 aliphatic carbocycles. The molecule has 1 saturated heterocycles. The van der Waals surface area contributed by atoms with E-state index in [2.05, 4.69) is 25.1 Å². The lowest BCUT2D eigenvalue weighted by Crippen LogP contribution is -2.63. The molecule has 0 aromatic heterocycles. The number of rotatable bonds is 12. The Morgan fingerprint density at radius 1 is 0.721 bits per heavy atom. The molecule has 1 aliphatic rings. The minimum Gasteiger partial charge on any atom is -0.743 e. The van der Waals surface area contributed by atoms with Crippen molar-refractivity contribution < 1.29 is 60.9 Å². The molecule has 0 amide bonds. The van der Waals surface area contributed by atoms with Gasteiger partial charge in [0.2, 0.25) is 0 Å². The van der Waals surface area contributed by atoms with Crippen molar-refractivity contribution in [3.05, 3.63) is 36.4 Å². The molecule has 0 N–H and O–H groups in total. The summed E-state index contributed by atoms with van der Waals surface area (Å²) in [6, 6.07) is 12.3. The van der Waals surface area contributed by atoms with E-state index in [0.29, 0.717) is 15.8 Å². The number of unbranched alkanes of at least 4 members (excludes halogenated alkanes) is 5. The Morgan fingerprint density at radius 3 is 1.77 bits per heavy atom. The van der Waals surface area contributed by atoms with E-state index in [1.54, 1.807) is 6.07 Å². The maximum atomic E-state index is 12.6. The standard InChI is InChI=1S/C22H31O2S2.C4HF9O3S/c1-2-3-4-5-6-9-16-26(23,24)22-13-11-19-17-21(12-10-20(19)18-22)25-14-7-8-15-25;5-1(6,3(9,10)11)2(7,8)4(12,13)17(14,15)16/h10-13,17-18H,2-9,14-16H2,1H3;(H,14,15,16)/q+1;/p-1. The van der Waals surface area contributed by atoms with Gasteiger partial charge in [0.15, 0.2) is 24.9 Å². The maximum Gasteiger partial charge on any atom is 0.460 e. The van der Waals surface area contributed by atoms with E-state index in [1.165, 1.54) is 53.9 Å². The molecule has 0 radical (unpaired) electrons. The van der Waals surface area contributed by atoms with Crippen molar-refractivity contribution in [2.45, 2.75) is 91.4 Å². The summed E-state index contributed by atoms with van der Waals surface area (Å²) in [5.41, 5.74) is 0. The Morgan fingerprint density at radius 2 is 1.23 bits per heavy atom. The summed E-state index contributed by atoms with van der Waals surface area (Å²) in [4.78, 5) is 1.92. The van der Waals surface area contributed by atoms with Crippen LogP contribution in [0.3, 0.4) is 0 Å². The summed E-state index contributed by atoms with van der Waals surface area (Å²) in [6.07, 6.45) is 2.14. The van der Waals surface area contributed by atoms with E-state index in [9.17, 15) is 60.9 Å². The molecule has 0 unspecified atom stereocenters. The summed E-state index contributed by atoms with van der Waals surface area (Å²) < 4.78 is 161. The molecule has 246 valence electrons. The van der Waals surface area contributed by atoms with E-state index < -0.39 is 43.2 Å². The minimum absolute atomic E-state index is 0.270. The molecule has 3 rings (SSSR count). The van der Waals surface area contributed by atoms with Gasteiger partial charge in [-0.3, -0.25) is 0 Å². The molecule has 1 heterocycles. The van der Waals surface area contributed by atoms with Gasteiger partial charge in [0.05, 0.1) is 10.6 Å². The molecule has 43 heavy (non-hydrogen) atoms. The first-order valence-corrected chi connectivity index (χ1v) is 17.8. The van der Waals surface area contributed by atoms with Crippen molar-refractivity contribution in [3.63, 3.8) is 0 Å². The Balaban J connectivity index is 0.000000332. The molecule has 1 aliphatic heterocycles. The fourth-order valence-corrected chi connectivity index (χ4v) is 8.35. The number of sulfone groups is 1. The first kappa shape index (κ1) is 37.5. The van der Waals surface area contributed by atoms with Crippen LogP contribution in [0, 0.1) is 0 Å². The summed E-state index contributed by atoms with van der Waals surface area (Å²) in [6.45, 7) is 2.20. The van der Waals surface area contributed by atoms with E-state index in [0.717, 1.165) is 24.6 Å². The van der Waals surface area contributed by atoms with Crippen LogP contribution in [0.25, 0.3) is 10.8 Å². The number of hydrogen-bond donors (Lipinski definition) is 0. The Kier molecular flexibility index (Phi) is 12.3. The second-order valence-corrected chi connectivity index (χ2v) is 15.8. The summed E-state index contributed by atoms with van der Waals surface area (Å²) in [7, 11) is -10.2. The molecule has 0 atom stereocenters. The van der Waals surface area contributed by atoms with Crippen molar-refractivity contribution in [2.75, 3.05) is 17.3 Å². The Labute approximate surface area is 247 Å². The zero-order valence-electron chi connectivity index (χ0n) is 22.9. The van der Waals surface area contributed by atoms with Crippen LogP contribution in [-0.4, -0.2) is 61.9 Å². The molecule has 17 heteroatoms. The molecular formula is C26H31F9O5S3. The normalized spacial score (nSPS) is 15.9. The highest BCUT2D eigenvalue weighted by molar-refractivity contribution is 7.97. The highest BCUT2D eigenvalue weighted by Crippen LogP contribution is 2.54. The average molecular weight is 691 g/mol. The lowest BCUT2D eigenvalue weighted by Gasteiger charge is -2.34. The summed E-state index contributed by atoms with van der Waals surface area (Å²) >= 11 is 0. The maximum absolute atomic E-state index is 12.6. The third kappa shape index (κ3) is 8.72. The largest absolute Gasteiger partial charge is 0.743 e. The fourth-order valence-electron chi connectivity index (χ4n) is 4.17. The highest BCUT2D eigenvalue weighted by atomic mass is 32.2. The predicted octanol–water partition coefficient (Wildman–Crippen LogP) is 7.70. The monoisotopic (exact) mass is 690 g/mol. The zero-order valence-corrected chi connectivity index (χ0v) is 25.4. The number of alkyl halides is 9. The average Bonchev–Trinajstić information content (AvgIpc) is 3.44. The van der Waals surface area contributed by atoms with Gasteiger partial charge in [-0.15, -0.1) is 0 Å². The SMILES string of the molecule is CCCCCCCCS(=O)(=O)c1ccc2cc([S+]3CCCC3)ccc2c1.O=S(=O)([O-])C(F)(F)C(F)(F)C(F)(F)C(F)(F)F. The molecule has 1 fully saturated rings. The summed E-state index contributed by atoms with van der Waals surface area (Å²) in [5, 5.41) is -4.90. The number of fused-ring (bicyclic) bond motifs is 1. The molecule has 0 spiro atoms. The van der Waals surface area contributed by atoms with Crippen molar-refractivity contribution >= 4 is 41.6 Å². The van der Waals surface area contributed by atoms with Crippen molar-refractivity contribution in [3.8, 4) is 0 Å². The topological polar surface area (TPSA) is 91.3 Å². The van der Waals surface area contributed by atoms with Crippen LogP contribution >= 0.6 is 0 Å². The van der Waals surface area contributed by atoms with Crippen molar-refractivity contribution in [2.24, 2.45) is 0 Å². The van der Waals surface area contributed by atoms with Crippen molar-refractivity contribution in [1.82, 2.24) is 0 Å². The number of hydrogen-bond acceptors (Lipinski definition) is 5. The molecule has 2 aromatic rings. The van der Waals surface area contributed by atoms with E-state index in [-0.39, 0.29) is 5.75 Å². The van der Waals surface area contributed by atoms with Gasteiger partial charge in [0.25, 0.3) is 0 Å². The van der Waals surface area contributed by atoms with Crippen molar-refractivity contribution in [1.29, 1.82) is 0 Å². The van der Waals surface area contributed by atoms with E-state index in [4.69, 9.17) is 0 Å². The third-order valence-electron chi connectivity index (χ3n) is 6.70. The van der Waals surface area contributed by atoms with E-state index in [1.807, 2.05) is 12.1 Å². The second-order valence-electron chi connectivity index (χ2n) is 9.98. The molecule has 5 nitrogen and oxygen atoms in total. The minimum atomic E-state index is -7.43. The van der Waals surface area contributed by atoms with Crippen LogP contribution in [0.4, 0.5) is 39.5 Å². The van der Waals surface area contributed by atoms with Gasteiger partial charge in [-0.2, -0.15) is 39.5 Å². The highest BCUT2D eigenvalue weighted by Gasteiger charge is 2.83. The number of benzene rings is 2. The smallest absolute Gasteiger partial charge is 0.460 e. The van der Waals surface area contributed by atoms with Crippen LogP contribution in [0.5, 0.6) is 0 Å². The third-order valence-corrected chi connectivity index (χ3v) is 11.9. The molecule has 0 saturated carbocycles. The van der Waals surface area contributed by atoms with Gasteiger partial charge >= 0.3 is 23.3 Å². The van der Waals surface area contributed by atoms with Crippen LogP contribution in [0.15, 0.2) is 46.2 Å². The molecular weight excluding hydrogens is 659 g/mol. The van der Waals surface area contributed by atoms with Gasteiger partial charge < -0.3 is 4.55 Å². The van der Waals surface area contributed by atoms with Gasteiger partial charge in [0, 0.05) is 17.0 Å². The quantitative estimate of drug-likeness (QED) is 0.0986. The van der Waals surface area contributed by atoms with Gasteiger partial charge in [0.1, 0.15) is 11.5 Å². The second kappa shape index (κ2) is 14.1. The van der Waals surface area contributed by atoms with Crippen LogP contribution < -0.4 is 0 Å². The lowest BCUT2D eigenvalue weighted by molar-refractivity contribution is -0.382. The number of halogens is 9. The lowest BCUT2D eigenvalue weighted by atomic mass is 10.1. The van der Waals surface area contributed by atoms with Crippen LogP contribution in [0.1, 0.15) is 58.3 Å². The molecule has 2 aromatic carbocycles. The van der Waals surface area contributed by atoms with E-state index >= 15 is 0 Å². The molecule has 0 bridgehead atoms. The summed E-state index contributed by atoms with van der Waals surface area (Å²) in [5.74, 6) is -11.9. The first-order valence-electron chi connectivity index (χ1n) is 13.2. The van der Waals surface area contributed by atoms with Gasteiger partial charge in [-0.05, 0) is 54.3 Å². The zero-order chi connectivity index (χ0) is 32.9. The fraction of sp³-hybridized carbons (Fsp3) is 0.615. The Hall–Kier alpha value is -1.72.